The number of fused-ring (bicyclic) bond motifs is 1. The molecule has 0 saturated carbocycles. The molecular formula is C21H18F3N5O. The molecule has 0 aliphatic rings. The third-order valence-electron chi connectivity index (χ3n) is 4.40. The monoisotopic (exact) mass is 413 g/mol. The number of ether oxygens (including phenoxy) is 1. The van der Waals surface area contributed by atoms with Crippen LogP contribution in [0.4, 0.5) is 30.6 Å². The zero-order chi connectivity index (χ0) is 21.1. The van der Waals surface area contributed by atoms with E-state index < -0.39 is 6.36 Å². The van der Waals surface area contributed by atoms with Gasteiger partial charge in [-0.1, -0.05) is 36.4 Å². The van der Waals surface area contributed by atoms with Gasteiger partial charge in [0.2, 0.25) is 5.95 Å². The molecule has 6 nitrogen and oxygen atoms in total. The third-order valence-corrected chi connectivity index (χ3v) is 4.40. The lowest BCUT2D eigenvalue weighted by Gasteiger charge is -2.11. The van der Waals surface area contributed by atoms with Gasteiger partial charge in [-0.2, -0.15) is 0 Å². The number of pyridine rings is 1. The molecule has 0 bridgehead atoms. The van der Waals surface area contributed by atoms with Crippen molar-refractivity contribution in [2.45, 2.75) is 12.9 Å². The van der Waals surface area contributed by atoms with Crippen molar-refractivity contribution in [2.75, 3.05) is 10.6 Å². The van der Waals surface area contributed by atoms with Gasteiger partial charge in [-0.3, -0.25) is 0 Å². The molecule has 0 atom stereocenters. The van der Waals surface area contributed by atoms with E-state index >= 15 is 0 Å². The van der Waals surface area contributed by atoms with E-state index in [0.717, 1.165) is 11.1 Å². The summed E-state index contributed by atoms with van der Waals surface area (Å²) in [6, 6.07) is 17.3. The Morgan fingerprint density at radius 1 is 1.03 bits per heavy atom. The molecule has 30 heavy (non-hydrogen) atoms. The fraction of sp³-hybridized carbons (Fsp3) is 0.143. The summed E-state index contributed by atoms with van der Waals surface area (Å²) < 4.78 is 43.1. The molecule has 2 aromatic carbocycles. The van der Waals surface area contributed by atoms with Crippen LogP contribution in [0.2, 0.25) is 0 Å². The van der Waals surface area contributed by atoms with Crippen molar-refractivity contribution in [3.05, 3.63) is 72.4 Å². The van der Waals surface area contributed by atoms with Gasteiger partial charge < -0.3 is 19.9 Å². The summed E-state index contributed by atoms with van der Waals surface area (Å²) in [5, 5.41) is 6.29. The molecule has 2 N–H and O–H groups in total. The average molecular weight is 413 g/mol. The van der Waals surface area contributed by atoms with Crippen LogP contribution in [0.3, 0.4) is 0 Å². The Labute approximate surface area is 170 Å². The maximum Gasteiger partial charge on any atom is 0.573 e. The molecule has 0 fully saturated rings. The summed E-state index contributed by atoms with van der Waals surface area (Å²) in [4.78, 5) is 8.85. The molecule has 2 aromatic heterocycles. The maximum atomic E-state index is 12.4. The highest BCUT2D eigenvalue weighted by atomic mass is 19.4. The van der Waals surface area contributed by atoms with Crippen LogP contribution >= 0.6 is 0 Å². The maximum absolute atomic E-state index is 12.4. The van der Waals surface area contributed by atoms with E-state index in [9.17, 15) is 13.2 Å². The van der Waals surface area contributed by atoms with Crippen LogP contribution in [-0.2, 0) is 13.6 Å². The Morgan fingerprint density at radius 2 is 1.83 bits per heavy atom. The van der Waals surface area contributed by atoms with Gasteiger partial charge in [0.25, 0.3) is 0 Å². The first-order valence-corrected chi connectivity index (χ1v) is 9.10. The van der Waals surface area contributed by atoms with Gasteiger partial charge in [-0.05, 0) is 17.7 Å². The van der Waals surface area contributed by atoms with Crippen LogP contribution in [0, 0.1) is 0 Å². The van der Waals surface area contributed by atoms with Gasteiger partial charge in [0.05, 0.1) is 11.7 Å². The fourth-order valence-corrected chi connectivity index (χ4v) is 3.02. The fourth-order valence-electron chi connectivity index (χ4n) is 3.02. The predicted octanol–water partition coefficient (Wildman–Crippen LogP) is 5.22. The molecule has 0 aliphatic carbocycles. The summed E-state index contributed by atoms with van der Waals surface area (Å²) >= 11 is 0. The van der Waals surface area contributed by atoms with Crippen LogP contribution in [0.1, 0.15) is 5.56 Å². The second kappa shape index (κ2) is 7.94. The predicted molar refractivity (Wildman–Crippen MR) is 109 cm³/mol. The Balaban J connectivity index is 1.52. The topological polar surface area (TPSA) is 64.0 Å². The molecule has 4 aromatic rings. The molecule has 4 rings (SSSR count). The van der Waals surface area contributed by atoms with Crippen molar-refractivity contribution in [2.24, 2.45) is 7.05 Å². The minimum Gasteiger partial charge on any atom is -0.406 e. The zero-order valence-corrected chi connectivity index (χ0v) is 15.9. The second-order valence-electron chi connectivity index (χ2n) is 6.59. The van der Waals surface area contributed by atoms with Crippen molar-refractivity contribution in [3.8, 4) is 5.75 Å². The van der Waals surface area contributed by atoms with E-state index in [4.69, 9.17) is 0 Å². The van der Waals surface area contributed by atoms with E-state index in [1.165, 1.54) is 18.2 Å². The molecule has 2 heterocycles. The number of imidazole rings is 1. The van der Waals surface area contributed by atoms with Crippen LogP contribution in [0.15, 0.2) is 66.9 Å². The van der Waals surface area contributed by atoms with Crippen molar-refractivity contribution >= 4 is 28.5 Å². The second-order valence-corrected chi connectivity index (χ2v) is 6.59. The number of rotatable bonds is 6. The molecular weight excluding hydrogens is 395 g/mol. The number of hydrogen-bond donors (Lipinski definition) is 2. The Hall–Kier alpha value is -3.75. The molecule has 0 amide bonds. The number of alkyl halides is 3. The molecule has 0 radical (unpaired) electrons. The highest BCUT2D eigenvalue weighted by molar-refractivity contribution is 5.81. The first kappa shape index (κ1) is 19.6. The molecule has 0 aliphatic heterocycles. The van der Waals surface area contributed by atoms with Gasteiger partial charge in [-0.25, -0.2) is 9.97 Å². The quantitative estimate of drug-likeness (QED) is 0.454. The van der Waals surface area contributed by atoms with Gasteiger partial charge >= 0.3 is 6.36 Å². The molecule has 0 saturated heterocycles. The van der Waals surface area contributed by atoms with Gasteiger partial charge in [0.1, 0.15) is 17.1 Å². The van der Waals surface area contributed by atoms with Gasteiger partial charge in [0, 0.05) is 31.4 Å². The number of halogens is 3. The van der Waals surface area contributed by atoms with Crippen LogP contribution in [0.25, 0.3) is 11.0 Å². The third kappa shape index (κ3) is 4.62. The summed E-state index contributed by atoms with van der Waals surface area (Å²) in [5.41, 5.74) is 3.08. The number of hydrogen-bond acceptors (Lipinski definition) is 5. The first-order chi connectivity index (χ1) is 14.4. The molecule has 154 valence electrons. The lowest BCUT2D eigenvalue weighted by molar-refractivity contribution is -0.274. The Bertz CT molecular complexity index is 1160. The lowest BCUT2D eigenvalue weighted by Crippen LogP contribution is -2.17. The number of anilines is 3. The van der Waals surface area contributed by atoms with Gasteiger partial charge in [0.15, 0.2) is 0 Å². The van der Waals surface area contributed by atoms with Crippen molar-refractivity contribution in [3.63, 3.8) is 0 Å². The lowest BCUT2D eigenvalue weighted by atomic mass is 10.2. The van der Waals surface area contributed by atoms with E-state index in [1.807, 2.05) is 41.9 Å². The minimum absolute atomic E-state index is 0.304. The van der Waals surface area contributed by atoms with E-state index in [2.05, 4.69) is 25.3 Å². The van der Waals surface area contributed by atoms with E-state index in [1.54, 1.807) is 18.3 Å². The highest BCUT2D eigenvalue weighted by Gasteiger charge is 2.31. The van der Waals surface area contributed by atoms with E-state index in [0.29, 0.717) is 29.5 Å². The smallest absolute Gasteiger partial charge is 0.406 e. The van der Waals surface area contributed by atoms with Crippen LogP contribution in [-0.4, -0.2) is 20.9 Å². The number of aryl methyl sites for hydroxylation is 1. The van der Waals surface area contributed by atoms with Crippen LogP contribution < -0.4 is 15.4 Å². The molecule has 9 heteroatoms. The van der Waals surface area contributed by atoms with Crippen LogP contribution in [0.5, 0.6) is 5.75 Å². The Kier molecular flexibility index (Phi) is 5.18. The average Bonchev–Trinajstić information content (AvgIpc) is 3.02. The molecule has 0 spiro atoms. The largest absolute Gasteiger partial charge is 0.573 e. The minimum atomic E-state index is -4.74. The van der Waals surface area contributed by atoms with Crippen molar-refractivity contribution in [1.29, 1.82) is 0 Å². The number of aromatic nitrogens is 3. The van der Waals surface area contributed by atoms with Crippen molar-refractivity contribution < 1.29 is 17.9 Å². The standard InChI is InChI=1S/C21H18F3N5O/c1-29-18-11-19(27-15-8-5-9-16(10-15)30-21(22,23)24)25-13-17(18)28-20(29)26-12-14-6-3-2-4-7-14/h2-11,13H,12H2,1H3,(H,25,27)(H,26,28). The van der Waals surface area contributed by atoms with Crippen molar-refractivity contribution in [1.82, 2.24) is 14.5 Å². The summed E-state index contributed by atoms with van der Waals surface area (Å²) in [6.45, 7) is 0.628. The normalized spacial score (nSPS) is 11.5. The number of nitrogens with zero attached hydrogens (tertiary/aromatic N) is 3. The molecule has 0 unspecified atom stereocenters. The number of nitrogens with one attached hydrogen (secondary N) is 2. The number of benzene rings is 2. The SMILES string of the molecule is Cn1c(NCc2ccccc2)nc2cnc(Nc3cccc(OC(F)(F)F)c3)cc21. The Morgan fingerprint density at radius 3 is 2.60 bits per heavy atom. The van der Waals surface area contributed by atoms with Gasteiger partial charge in [-0.15, -0.1) is 13.2 Å². The highest BCUT2D eigenvalue weighted by Crippen LogP contribution is 2.27. The summed E-state index contributed by atoms with van der Waals surface area (Å²) in [7, 11) is 1.88. The van der Waals surface area contributed by atoms with E-state index in [-0.39, 0.29) is 5.75 Å². The summed E-state index contributed by atoms with van der Waals surface area (Å²) in [5.74, 6) is 0.860. The first-order valence-electron chi connectivity index (χ1n) is 9.10. The summed E-state index contributed by atoms with van der Waals surface area (Å²) in [6.07, 6.45) is -3.13. The zero-order valence-electron chi connectivity index (χ0n) is 15.9.